The van der Waals surface area contributed by atoms with E-state index in [2.05, 4.69) is 5.32 Å². The number of benzene rings is 2. The van der Waals surface area contributed by atoms with Gasteiger partial charge in [0.2, 0.25) is 5.91 Å². The predicted octanol–water partition coefficient (Wildman–Crippen LogP) is 2.61. The number of hydrogen-bond donors (Lipinski definition) is 1. The Labute approximate surface area is 162 Å². The second-order valence-corrected chi connectivity index (χ2v) is 6.75. The molecule has 2 aromatic rings. The smallest absolute Gasteiger partial charge is 0.251 e. The Morgan fingerprint density at radius 1 is 1.11 bits per heavy atom. The number of aryl methyl sites for hydroxylation is 1. The molecule has 0 aromatic heterocycles. The summed E-state index contributed by atoms with van der Waals surface area (Å²) < 4.78 is 31.7. The molecule has 2 unspecified atom stereocenters. The van der Waals surface area contributed by atoms with Crippen LogP contribution >= 0.6 is 0 Å². The number of amides is 2. The van der Waals surface area contributed by atoms with Gasteiger partial charge in [-0.15, -0.1) is 0 Å². The van der Waals surface area contributed by atoms with E-state index in [4.69, 9.17) is 4.74 Å². The molecule has 2 aromatic carbocycles. The molecule has 7 heteroatoms. The van der Waals surface area contributed by atoms with Crippen LogP contribution in [0, 0.1) is 11.6 Å². The Kier molecular flexibility index (Phi) is 6.36. The first-order chi connectivity index (χ1) is 13.5. The lowest BCUT2D eigenvalue weighted by Gasteiger charge is -2.38. The van der Waals surface area contributed by atoms with Crippen LogP contribution in [-0.4, -0.2) is 43.0 Å². The summed E-state index contributed by atoms with van der Waals surface area (Å²) >= 11 is 0. The topological polar surface area (TPSA) is 58.6 Å². The summed E-state index contributed by atoms with van der Waals surface area (Å²) in [5.74, 6) is -1.24. The van der Waals surface area contributed by atoms with Crippen molar-refractivity contribution in [3.05, 3.63) is 71.3 Å². The molecule has 1 heterocycles. The van der Waals surface area contributed by atoms with E-state index >= 15 is 0 Å². The van der Waals surface area contributed by atoms with Gasteiger partial charge in [0.25, 0.3) is 5.91 Å². The van der Waals surface area contributed by atoms with E-state index in [-0.39, 0.29) is 24.2 Å². The number of nitrogens with zero attached hydrogens (tertiary/aromatic N) is 1. The predicted molar refractivity (Wildman–Crippen MR) is 99.4 cm³/mol. The molecular weight excluding hydrogens is 366 g/mol. The van der Waals surface area contributed by atoms with E-state index < -0.39 is 18.0 Å². The van der Waals surface area contributed by atoms with E-state index in [0.29, 0.717) is 24.9 Å². The number of rotatable bonds is 6. The Morgan fingerprint density at radius 3 is 2.36 bits per heavy atom. The van der Waals surface area contributed by atoms with Crippen LogP contribution in [0.3, 0.4) is 0 Å². The van der Waals surface area contributed by atoms with Crippen molar-refractivity contribution < 1.29 is 23.1 Å². The number of morpholine rings is 1. The van der Waals surface area contributed by atoms with Gasteiger partial charge in [0.1, 0.15) is 18.2 Å². The van der Waals surface area contributed by atoms with Crippen LogP contribution < -0.4 is 5.32 Å². The summed E-state index contributed by atoms with van der Waals surface area (Å²) in [5, 5.41) is 2.83. The lowest BCUT2D eigenvalue weighted by molar-refractivity contribution is -0.162. The molecule has 0 aliphatic carbocycles. The lowest BCUT2D eigenvalue weighted by Crippen LogP contribution is -2.53. The highest BCUT2D eigenvalue weighted by molar-refractivity contribution is 5.86. The quantitative estimate of drug-likeness (QED) is 0.774. The molecule has 0 radical (unpaired) electrons. The molecule has 0 bridgehead atoms. The normalized spacial score (nSPS) is 19.5. The molecule has 1 aliphatic rings. The minimum atomic E-state index is -0.876. The first-order valence-electron chi connectivity index (χ1n) is 9.10. The second-order valence-electron chi connectivity index (χ2n) is 6.75. The molecule has 0 spiro atoms. The maximum Gasteiger partial charge on any atom is 0.251 e. The fraction of sp³-hybridized carbons (Fsp3) is 0.333. The van der Waals surface area contributed by atoms with Crippen LogP contribution in [0.25, 0.3) is 0 Å². The van der Waals surface area contributed by atoms with E-state index in [1.807, 2.05) is 0 Å². The van der Waals surface area contributed by atoms with Gasteiger partial charge in [0.15, 0.2) is 6.10 Å². The fourth-order valence-corrected chi connectivity index (χ4v) is 3.25. The van der Waals surface area contributed by atoms with Gasteiger partial charge in [0, 0.05) is 13.6 Å². The average Bonchev–Trinajstić information content (AvgIpc) is 2.69. The number of ether oxygens (including phenoxy) is 1. The highest BCUT2D eigenvalue weighted by atomic mass is 19.1. The Bertz CT molecular complexity index is 825. The van der Waals surface area contributed by atoms with Gasteiger partial charge in [-0.2, -0.15) is 0 Å². The van der Waals surface area contributed by atoms with E-state index in [1.165, 1.54) is 29.2 Å². The monoisotopic (exact) mass is 388 g/mol. The van der Waals surface area contributed by atoms with Gasteiger partial charge < -0.3 is 15.0 Å². The highest BCUT2D eigenvalue weighted by Crippen LogP contribution is 2.29. The minimum absolute atomic E-state index is 0.179. The summed E-state index contributed by atoms with van der Waals surface area (Å²) in [6.07, 6.45) is 0.505. The average molecular weight is 388 g/mol. The molecule has 3 rings (SSSR count). The van der Waals surface area contributed by atoms with Gasteiger partial charge in [-0.3, -0.25) is 9.59 Å². The molecule has 0 saturated carbocycles. The van der Waals surface area contributed by atoms with Crippen LogP contribution in [0.15, 0.2) is 48.5 Å². The van der Waals surface area contributed by atoms with Crippen molar-refractivity contribution in [2.75, 3.05) is 20.2 Å². The summed E-state index contributed by atoms with van der Waals surface area (Å²) in [5.41, 5.74) is 1.61. The molecule has 28 heavy (non-hydrogen) atoms. The molecule has 1 N–H and O–H groups in total. The highest BCUT2D eigenvalue weighted by Gasteiger charge is 2.39. The van der Waals surface area contributed by atoms with Gasteiger partial charge in [-0.25, -0.2) is 8.78 Å². The van der Waals surface area contributed by atoms with Gasteiger partial charge >= 0.3 is 0 Å². The standard InChI is InChI=1S/C21H22F2N2O3/c1-25-18(26)13-28-20(19(25)15-6-10-17(23)11-7-15)21(27)24-12-2-3-14-4-8-16(22)9-5-14/h4-11,19-20H,2-3,12-13H2,1H3,(H,24,27). The number of halogens is 2. The number of hydrogen-bond acceptors (Lipinski definition) is 3. The van der Waals surface area contributed by atoms with Crippen molar-refractivity contribution in [2.24, 2.45) is 0 Å². The number of carbonyl (C=O) groups is 2. The molecule has 1 aliphatic heterocycles. The first-order valence-corrected chi connectivity index (χ1v) is 9.10. The summed E-state index contributed by atoms with van der Waals surface area (Å²) in [6, 6.07) is 11.3. The Morgan fingerprint density at radius 2 is 1.71 bits per heavy atom. The van der Waals surface area contributed by atoms with Crippen molar-refractivity contribution >= 4 is 11.8 Å². The van der Waals surface area contributed by atoms with Crippen molar-refractivity contribution in [3.63, 3.8) is 0 Å². The van der Waals surface area contributed by atoms with Gasteiger partial charge in [-0.1, -0.05) is 24.3 Å². The molecule has 2 atom stereocenters. The van der Waals surface area contributed by atoms with Gasteiger partial charge in [0.05, 0.1) is 6.04 Å². The number of nitrogens with one attached hydrogen (secondary N) is 1. The zero-order chi connectivity index (χ0) is 20.1. The van der Waals surface area contributed by atoms with Crippen LogP contribution in [-0.2, 0) is 20.7 Å². The lowest BCUT2D eigenvalue weighted by atomic mass is 9.97. The number of likely N-dealkylation sites (N-methyl/N-ethyl adjacent to an activating group) is 1. The fourth-order valence-electron chi connectivity index (χ4n) is 3.25. The maximum atomic E-state index is 13.2. The molecule has 1 fully saturated rings. The van der Waals surface area contributed by atoms with Crippen LogP contribution in [0.4, 0.5) is 8.78 Å². The van der Waals surface area contributed by atoms with Crippen molar-refractivity contribution in [1.82, 2.24) is 10.2 Å². The molecular formula is C21H22F2N2O3. The van der Waals surface area contributed by atoms with Crippen molar-refractivity contribution in [2.45, 2.75) is 25.0 Å². The van der Waals surface area contributed by atoms with Gasteiger partial charge in [-0.05, 0) is 48.2 Å². The van der Waals surface area contributed by atoms with Crippen LogP contribution in [0.5, 0.6) is 0 Å². The van der Waals surface area contributed by atoms with Crippen molar-refractivity contribution in [1.29, 1.82) is 0 Å². The molecule has 5 nitrogen and oxygen atoms in total. The van der Waals surface area contributed by atoms with Crippen LogP contribution in [0.1, 0.15) is 23.6 Å². The third-order valence-electron chi connectivity index (χ3n) is 4.81. The summed E-state index contributed by atoms with van der Waals surface area (Å²) in [4.78, 5) is 26.1. The third kappa shape index (κ3) is 4.72. The largest absolute Gasteiger partial charge is 0.356 e. The van der Waals surface area contributed by atoms with Crippen LogP contribution in [0.2, 0.25) is 0 Å². The van der Waals surface area contributed by atoms with E-state index in [9.17, 15) is 18.4 Å². The molecule has 2 amide bonds. The minimum Gasteiger partial charge on any atom is -0.356 e. The Hall–Kier alpha value is -2.80. The zero-order valence-electron chi connectivity index (χ0n) is 15.5. The molecule has 1 saturated heterocycles. The SMILES string of the molecule is CN1C(=O)COC(C(=O)NCCCc2ccc(F)cc2)C1c1ccc(F)cc1. The zero-order valence-corrected chi connectivity index (χ0v) is 15.5. The summed E-state index contributed by atoms with van der Waals surface area (Å²) in [7, 11) is 1.60. The third-order valence-corrected chi connectivity index (χ3v) is 4.81. The number of carbonyl (C=O) groups excluding carboxylic acids is 2. The first kappa shape index (κ1) is 19.9. The van der Waals surface area contributed by atoms with E-state index in [0.717, 1.165) is 5.56 Å². The second kappa shape index (κ2) is 8.93. The maximum absolute atomic E-state index is 13.2. The summed E-state index contributed by atoms with van der Waals surface area (Å²) in [6.45, 7) is 0.242. The van der Waals surface area contributed by atoms with Crippen molar-refractivity contribution in [3.8, 4) is 0 Å². The van der Waals surface area contributed by atoms with E-state index in [1.54, 1.807) is 31.3 Å². The molecule has 148 valence electrons. The Balaban J connectivity index is 1.60.